The van der Waals surface area contributed by atoms with Crippen LogP contribution in [0.25, 0.3) is 0 Å². The third-order valence-corrected chi connectivity index (χ3v) is 4.35. The average Bonchev–Trinajstić information content (AvgIpc) is 3.16. The Kier molecular flexibility index (Phi) is 4.15. The first kappa shape index (κ1) is 14.6. The van der Waals surface area contributed by atoms with Crippen molar-refractivity contribution in [1.82, 2.24) is 15.1 Å². The summed E-state index contributed by atoms with van der Waals surface area (Å²) in [6.07, 6.45) is 1.49. The summed E-state index contributed by atoms with van der Waals surface area (Å²) >= 11 is 1.32. The molecule has 7 heteroatoms. The zero-order valence-corrected chi connectivity index (χ0v) is 13.0. The molecular formula is C15H16N4O2S. The molecule has 0 radical (unpaired) electrons. The number of aryl methyl sites for hydroxylation is 1. The second-order valence-corrected chi connectivity index (χ2v) is 6.32. The summed E-state index contributed by atoms with van der Waals surface area (Å²) in [6, 6.07) is 8.60. The van der Waals surface area contributed by atoms with E-state index in [1.165, 1.54) is 11.3 Å². The van der Waals surface area contributed by atoms with Crippen LogP contribution >= 0.6 is 11.3 Å². The van der Waals surface area contributed by atoms with Gasteiger partial charge in [-0.2, -0.15) is 0 Å². The number of benzene rings is 1. The van der Waals surface area contributed by atoms with Crippen molar-refractivity contribution >= 4 is 28.3 Å². The highest BCUT2D eigenvalue weighted by Gasteiger charge is 2.34. The molecule has 2 amide bonds. The van der Waals surface area contributed by atoms with Gasteiger partial charge in [0.15, 0.2) is 0 Å². The maximum absolute atomic E-state index is 12.5. The first-order valence-corrected chi connectivity index (χ1v) is 7.94. The van der Waals surface area contributed by atoms with Crippen LogP contribution in [0.3, 0.4) is 0 Å². The quantitative estimate of drug-likeness (QED) is 0.941. The lowest BCUT2D eigenvalue weighted by atomic mass is 10.1. The Labute approximate surface area is 132 Å². The van der Waals surface area contributed by atoms with Crippen molar-refractivity contribution in [1.29, 1.82) is 0 Å². The van der Waals surface area contributed by atoms with E-state index in [-0.39, 0.29) is 11.8 Å². The third kappa shape index (κ3) is 2.99. The standard InChI is InChI=1S/C15H16N4O2S/c1-10-17-18-15(22-10)16-13(20)12-8-5-9-19(12)14(21)11-6-3-2-4-7-11/h2-4,6-7,12H,5,8-9H2,1H3,(H,16,18,20). The minimum Gasteiger partial charge on any atom is -0.327 e. The number of rotatable bonds is 3. The van der Waals surface area contributed by atoms with Gasteiger partial charge in [0, 0.05) is 12.1 Å². The van der Waals surface area contributed by atoms with E-state index in [2.05, 4.69) is 15.5 Å². The van der Waals surface area contributed by atoms with E-state index < -0.39 is 6.04 Å². The molecule has 2 heterocycles. The Hall–Kier alpha value is -2.28. The van der Waals surface area contributed by atoms with Gasteiger partial charge in [0.2, 0.25) is 11.0 Å². The zero-order valence-electron chi connectivity index (χ0n) is 12.2. The molecule has 0 saturated carbocycles. The maximum atomic E-state index is 12.5. The summed E-state index contributed by atoms with van der Waals surface area (Å²) in [5.74, 6) is -0.301. The van der Waals surface area contributed by atoms with Gasteiger partial charge in [-0.15, -0.1) is 10.2 Å². The van der Waals surface area contributed by atoms with E-state index in [0.29, 0.717) is 23.7 Å². The van der Waals surface area contributed by atoms with Crippen LogP contribution in [-0.4, -0.2) is 39.5 Å². The topological polar surface area (TPSA) is 75.2 Å². The largest absolute Gasteiger partial charge is 0.327 e. The first-order valence-electron chi connectivity index (χ1n) is 7.12. The monoisotopic (exact) mass is 316 g/mol. The fraction of sp³-hybridized carbons (Fsp3) is 0.333. The van der Waals surface area contributed by atoms with Crippen molar-refractivity contribution in [3.8, 4) is 0 Å². The van der Waals surface area contributed by atoms with Crippen molar-refractivity contribution in [2.45, 2.75) is 25.8 Å². The van der Waals surface area contributed by atoms with Crippen LogP contribution in [0.2, 0.25) is 0 Å². The zero-order chi connectivity index (χ0) is 15.5. The number of aromatic nitrogens is 2. The molecule has 2 aromatic rings. The lowest BCUT2D eigenvalue weighted by Crippen LogP contribution is -2.43. The number of hydrogen-bond donors (Lipinski definition) is 1. The molecule has 1 aromatic carbocycles. The van der Waals surface area contributed by atoms with Crippen LogP contribution in [0.5, 0.6) is 0 Å². The molecule has 1 fully saturated rings. The van der Waals surface area contributed by atoms with Gasteiger partial charge in [-0.05, 0) is 31.9 Å². The van der Waals surface area contributed by atoms with Crippen LogP contribution in [0.4, 0.5) is 5.13 Å². The Morgan fingerprint density at radius 1 is 1.27 bits per heavy atom. The first-order chi connectivity index (χ1) is 10.6. The highest BCUT2D eigenvalue weighted by atomic mass is 32.1. The highest BCUT2D eigenvalue weighted by molar-refractivity contribution is 7.15. The fourth-order valence-electron chi connectivity index (χ4n) is 2.56. The SMILES string of the molecule is Cc1nnc(NC(=O)C2CCCN2C(=O)c2ccccc2)s1. The molecule has 0 aliphatic carbocycles. The van der Waals surface area contributed by atoms with Crippen molar-refractivity contribution in [2.75, 3.05) is 11.9 Å². The molecule has 1 unspecified atom stereocenters. The van der Waals surface area contributed by atoms with E-state index in [1.54, 1.807) is 17.0 Å². The van der Waals surface area contributed by atoms with Gasteiger partial charge in [0.05, 0.1) is 0 Å². The van der Waals surface area contributed by atoms with Gasteiger partial charge >= 0.3 is 0 Å². The fourth-order valence-corrected chi connectivity index (χ4v) is 3.16. The van der Waals surface area contributed by atoms with Gasteiger partial charge in [-0.3, -0.25) is 14.9 Å². The summed E-state index contributed by atoms with van der Waals surface area (Å²) in [4.78, 5) is 26.6. The molecule has 1 aromatic heterocycles. The summed E-state index contributed by atoms with van der Waals surface area (Å²) < 4.78 is 0. The van der Waals surface area contributed by atoms with Crippen LogP contribution in [0.15, 0.2) is 30.3 Å². The molecule has 1 saturated heterocycles. The molecule has 0 bridgehead atoms. The van der Waals surface area contributed by atoms with Gasteiger partial charge < -0.3 is 4.90 Å². The molecule has 1 aliphatic rings. The number of likely N-dealkylation sites (tertiary alicyclic amines) is 1. The number of anilines is 1. The third-order valence-electron chi connectivity index (χ3n) is 3.59. The summed E-state index contributed by atoms with van der Waals surface area (Å²) in [7, 11) is 0. The minimum atomic E-state index is -0.447. The predicted molar refractivity (Wildman–Crippen MR) is 83.8 cm³/mol. The average molecular weight is 316 g/mol. The van der Waals surface area contributed by atoms with Crippen molar-refractivity contribution in [2.24, 2.45) is 0 Å². The Morgan fingerprint density at radius 3 is 2.73 bits per heavy atom. The number of nitrogens with one attached hydrogen (secondary N) is 1. The van der Waals surface area contributed by atoms with E-state index >= 15 is 0 Å². The molecule has 114 valence electrons. The smallest absolute Gasteiger partial charge is 0.254 e. The van der Waals surface area contributed by atoms with Crippen LogP contribution in [-0.2, 0) is 4.79 Å². The molecule has 0 spiro atoms. The minimum absolute atomic E-state index is 0.105. The van der Waals surface area contributed by atoms with E-state index in [9.17, 15) is 9.59 Å². The van der Waals surface area contributed by atoms with Gasteiger partial charge in [0.1, 0.15) is 11.0 Å². The summed E-state index contributed by atoms with van der Waals surface area (Å²) in [5.41, 5.74) is 0.606. The van der Waals surface area contributed by atoms with Gasteiger partial charge in [-0.1, -0.05) is 29.5 Å². The molecule has 3 rings (SSSR count). The lowest BCUT2D eigenvalue weighted by Gasteiger charge is -2.23. The lowest BCUT2D eigenvalue weighted by molar-refractivity contribution is -0.119. The van der Waals surface area contributed by atoms with Gasteiger partial charge in [-0.25, -0.2) is 0 Å². The number of carbonyl (C=O) groups excluding carboxylic acids is 2. The Morgan fingerprint density at radius 2 is 2.05 bits per heavy atom. The molecule has 1 N–H and O–H groups in total. The molecule has 1 atom stereocenters. The number of carbonyl (C=O) groups is 2. The Balaban J connectivity index is 1.72. The maximum Gasteiger partial charge on any atom is 0.254 e. The second-order valence-electron chi connectivity index (χ2n) is 5.14. The van der Waals surface area contributed by atoms with Crippen molar-refractivity contribution in [3.63, 3.8) is 0 Å². The number of hydrogen-bond acceptors (Lipinski definition) is 5. The van der Waals surface area contributed by atoms with E-state index in [0.717, 1.165) is 11.4 Å². The molecular weight excluding hydrogens is 300 g/mol. The molecule has 1 aliphatic heterocycles. The predicted octanol–water partition coefficient (Wildman–Crippen LogP) is 2.09. The summed E-state index contributed by atoms with van der Waals surface area (Å²) in [6.45, 7) is 2.43. The molecule has 6 nitrogen and oxygen atoms in total. The summed E-state index contributed by atoms with van der Waals surface area (Å²) in [5, 5.41) is 11.8. The van der Waals surface area contributed by atoms with E-state index in [1.807, 2.05) is 25.1 Å². The number of amides is 2. The van der Waals surface area contributed by atoms with Crippen molar-refractivity contribution < 1.29 is 9.59 Å². The molecule has 22 heavy (non-hydrogen) atoms. The van der Waals surface area contributed by atoms with Crippen LogP contribution in [0, 0.1) is 6.92 Å². The van der Waals surface area contributed by atoms with E-state index in [4.69, 9.17) is 0 Å². The second kappa shape index (κ2) is 6.23. The highest BCUT2D eigenvalue weighted by Crippen LogP contribution is 2.22. The number of nitrogens with zero attached hydrogens (tertiary/aromatic N) is 3. The normalized spacial score (nSPS) is 17.5. The Bertz CT molecular complexity index is 686. The van der Waals surface area contributed by atoms with Crippen LogP contribution in [0.1, 0.15) is 28.2 Å². The van der Waals surface area contributed by atoms with Gasteiger partial charge in [0.25, 0.3) is 5.91 Å². The van der Waals surface area contributed by atoms with Crippen molar-refractivity contribution in [3.05, 3.63) is 40.9 Å². The van der Waals surface area contributed by atoms with Crippen LogP contribution < -0.4 is 5.32 Å².